The maximum Gasteiger partial charge on any atom is 0.323 e. The monoisotopic (exact) mass is 283 g/mol. The number of pyridine rings is 1. The van der Waals surface area contributed by atoms with Gasteiger partial charge < -0.3 is 14.4 Å². The molecule has 0 saturated carbocycles. The standard InChI is InChI=1S/C15H13N3O3/c1-21-15-10(5-4-8-16-15)14-17-11-6-2-3-7-12(11)18(14)9-13(19)20/h2-8H,9H2,1H3,(H,19,20). The maximum absolute atomic E-state index is 11.2. The lowest BCUT2D eigenvalue weighted by molar-refractivity contribution is -0.137. The van der Waals surface area contributed by atoms with Crippen molar-refractivity contribution in [2.24, 2.45) is 0 Å². The van der Waals surface area contributed by atoms with Gasteiger partial charge in [-0.2, -0.15) is 0 Å². The number of benzene rings is 1. The third kappa shape index (κ3) is 2.31. The first kappa shape index (κ1) is 13.1. The summed E-state index contributed by atoms with van der Waals surface area (Å²) in [6.45, 7) is -0.173. The predicted molar refractivity (Wildman–Crippen MR) is 77.2 cm³/mol. The molecule has 2 heterocycles. The molecular weight excluding hydrogens is 270 g/mol. The molecule has 6 heteroatoms. The van der Waals surface area contributed by atoms with Crippen LogP contribution in [0, 0.1) is 0 Å². The Morgan fingerprint density at radius 2 is 2.10 bits per heavy atom. The Kier molecular flexibility index (Phi) is 3.27. The van der Waals surface area contributed by atoms with E-state index >= 15 is 0 Å². The number of fused-ring (bicyclic) bond motifs is 1. The van der Waals surface area contributed by atoms with Gasteiger partial charge in [-0.15, -0.1) is 0 Å². The van der Waals surface area contributed by atoms with Crippen molar-refractivity contribution in [3.8, 4) is 17.3 Å². The summed E-state index contributed by atoms with van der Waals surface area (Å²) < 4.78 is 6.89. The highest BCUT2D eigenvalue weighted by atomic mass is 16.5. The van der Waals surface area contributed by atoms with E-state index in [4.69, 9.17) is 9.84 Å². The minimum Gasteiger partial charge on any atom is -0.480 e. The molecular formula is C15H13N3O3. The maximum atomic E-state index is 11.2. The second kappa shape index (κ2) is 5.24. The van der Waals surface area contributed by atoms with Crippen molar-refractivity contribution in [1.29, 1.82) is 0 Å². The number of carbonyl (C=O) groups is 1. The Bertz CT molecular complexity index is 811. The molecule has 0 atom stereocenters. The molecule has 21 heavy (non-hydrogen) atoms. The highest BCUT2D eigenvalue weighted by Crippen LogP contribution is 2.30. The first-order chi connectivity index (χ1) is 10.2. The molecule has 1 aromatic carbocycles. The Labute approximate surface area is 120 Å². The Morgan fingerprint density at radius 1 is 1.29 bits per heavy atom. The number of imidazole rings is 1. The van der Waals surface area contributed by atoms with Gasteiger partial charge in [-0.3, -0.25) is 4.79 Å². The summed E-state index contributed by atoms with van der Waals surface area (Å²) in [7, 11) is 1.52. The van der Waals surface area contributed by atoms with Crippen molar-refractivity contribution in [3.05, 3.63) is 42.6 Å². The lowest BCUT2D eigenvalue weighted by Gasteiger charge is -2.09. The van der Waals surface area contributed by atoms with Crippen molar-refractivity contribution in [1.82, 2.24) is 14.5 Å². The third-order valence-electron chi connectivity index (χ3n) is 3.15. The average molecular weight is 283 g/mol. The molecule has 6 nitrogen and oxygen atoms in total. The van der Waals surface area contributed by atoms with E-state index in [-0.39, 0.29) is 6.54 Å². The van der Waals surface area contributed by atoms with Gasteiger partial charge in [0.2, 0.25) is 5.88 Å². The lowest BCUT2D eigenvalue weighted by atomic mass is 10.2. The minimum absolute atomic E-state index is 0.173. The molecule has 0 aliphatic rings. The van der Waals surface area contributed by atoms with Crippen LogP contribution in [-0.4, -0.2) is 32.7 Å². The molecule has 0 radical (unpaired) electrons. The Balaban J connectivity index is 2.28. The second-order valence-corrected chi connectivity index (χ2v) is 4.46. The van der Waals surface area contributed by atoms with E-state index in [1.807, 2.05) is 30.3 Å². The number of hydrogen-bond acceptors (Lipinski definition) is 4. The number of ether oxygens (including phenoxy) is 1. The number of carboxylic acids is 1. The Morgan fingerprint density at radius 3 is 2.86 bits per heavy atom. The molecule has 3 rings (SSSR count). The molecule has 106 valence electrons. The molecule has 0 spiro atoms. The van der Waals surface area contributed by atoms with Crippen molar-refractivity contribution in [2.45, 2.75) is 6.54 Å². The van der Waals surface area contributed by atoms with Gasteiger partial charge in [0, 0.05) is 6.20 Å². The van der Waals surface area contributed by atoms with Gasteiger partial charge in [-0.05, 0) is 24.3 Å². The molecule has 0 bridgehead atoms. The number of carboxylic acid groups (broad SMARTS) is 1. The van der Waals surface area contributed by atoms with Crippen LogP contribution < -0.4 is 4.74 Å². The smallest absolute Gasteiger partial charge is 0.323 e. The zero-order valence-electron chi connectivity index (χ0n) is 11.4. The summed E-state index contributed by atoms with van der Waals surface area (Å²) in [5.41, 5.74) is 2.16. The molecule has 0 aliphatic heterocycles. The molecule has 1 N–H and O–H groups in total. The molecule has 0 aliphatic carbocycles. The number of methoxy groups -OCH3 is 1. The van der Waals surface area contributed by atoms with Gasteiger partial charge in [0.25, 0.3) is 0 Å². The van der Waals surface area contributed by atoms with Crippen LogP contribution in [0.1, 0.15) is 0 Å². The van der Waals surface area contributed by atoms with E-state index in [0.29, 0.717) is 17.3 Å². The minimum atomic E-state index is -0.928. The second-order valence-electron chi connectivity index (χ2n) is 4.46. The first-order valence-corrected chi connectivity index (χ1v) is 6.37. The van der Waals surface area contributed by atoms with Crippen LogP contribution in [0.2, 0.25) is 0 Å². The van der Waals surface area contributed by atoms with Crippen molar-refractivity contribution < 1.29 is 14.6 Å². The van der Waals surface area contributed by atoms with Gasteiger partial charge in [0.05, 0.1) is 23.7 Å². The van der Waals surface area contributed by atoms with Crippen LogP contribution in [0.3, 0.4) is 0 Å². The summed E-state index contributed by atoms with van der Waals surface area (Å²) in [4.78, 5) is 19.8. The summed E-state index contributed by atoms with van der Waals surface area (Å²) in [5, 5.41) is 9.15. The van der Waals surface area contributed by atoms with Crippen LogP contribution in [0.5, 0.6) is 5.88 Å². The fourth-order valence-electron chi connectivity index (χ4n) is 2.30. The quantitative estimate of drug-likeness (QED) is 0.794. The summed E-state index contributed by atoms with van der Waals surface area (Å²) in [5.74, 6) is 0.0188. The molecule has 2 aromatic heterocycles. The molecule has 0 amide bonds. The number of para-hydroxylation sites is 2. The van der Waals surface area contributed by atoms with E-state index in [9.17, 15) is 4.79 Å². The van der Waals surface area contributed by atoms with Crippen LogP contribution >= 0.6 is 0 Å². The highest BCUT2D eigenvalue weighted by Gasteiger charge is 2.17. The van der Waals surface area contributed by atoms with E-state index in [2.05, 4.69) is 9.97 Å². The number of rotatable bonds is 4. The molecule has 0 saturated heterocycles. The van der Waals surface area contributed by atoms with E-state index in [1.165, 1.54) is 7.11 Å². The summed E-state index contributed by atoms with van der Waals surface area (Å²) in [6, 6.07) is 11.0. The van der Waals surface area contributed by atoms with E-state index in [0.717, 1.165) is 11.0 Å². The number of aromatic nitrogens is 3. The fraction of sp³-hybridized carbons (Fsp3) is 0.133. The van der Waals surface area contributed by atoms with Gasteiger partial charge in [-0.1, -0.05) is 12.1 Å². The van der Waals surface area contributed by atoms with Crippen LogP contribution in [-0.2, 0) is 11.3 Å². The van der Waals surface area contributed by atoms with Crippen LogP contribution in [0.15, 0.2) is 42.6 Å². The number of aliphatic carboxylic acids is 1. The molecule has 3 aromatic rings. The number of hydrogen-bond donors (Lipinski definition) is 1. The van der Waals surface area contributed by atoms with E-state index < -0.39 is 5.97 Å². The zero-order chi connectivity index (χ0) is 14.8. The summed E-state index contributed by atoms with van der Waals surface area (Å²) >= 11 is 0. The zero-order valence-corrected chi connectivity index (χ0v) is 11.4. The Hall–Kier alpha value is -2.89. The lowest BCUT2D eigenvalue weighted by Crippen LogP contribution is -2.10. The normalized spacial score (nSPS) is 10.7. The topological polar surface area (TPSA) is 77.2 Å². The largest absolute Gasteiger partial charge is 0.480 e. The van der Waals surface area contributed by atoms with Crippen LogP contribution in [0.25, 0.3) is 22.4 Å². The van der Waals surface area contributed by atoms with Gasteiger partial charge in [0.15, 0.2) is 0 Å². The third-order valence-corrected chi connectivity index (χ3v) is 3.15. The van der Waals surface area contributed by atoms with Crippen molar-refractivity contribution in [2.75, 3.05) is 7.11 Å². The van der Waals surface area contributed by atoms with Crippen LogP contribution in [0.4, 0.5) is 0 Å². The average Bonchev–Trinajstić information content (AvgIpc) is 2.85. The number of nitrogens with zero attached hydrogens (tertiary/aromatic N) is 3. The first-order valence-electron chi connectivity index (χ1n) is 6.37. The van der Waals surface area contributed by atoms with Gasteiger partial charge in [0.1, 0.15) is 12.4 Å². The van der Waals surface area contributed by atoms with Crippen molar-refractivity contribution >= 4 is 17.0 Å². The predicted octanol–water partition coefficient (Wildman–Crippen LogP) is 2.19. The molecule has 0 fully saturated rings. The van der Waals surface area contributed by atoms with Crippen molar-refractivity contribution in [3.63, 3.8) is 0 Å². The fourth-order valence-corrected chi connectivity index (χ4v) is 2.30. The van der Waals surface area contributed by atoms with E-state index in [1.54, 1.807) is 16.8 Å². The molecule has 0 unspecified atom stereocenters. The van der Waals surface area contributed by atoms with Gasteiger partial charge >= 0.3 is 5.97 Å². The highest BCUT2D eigenvalue weighted by molar-refractivity contribution is 5.83. The van der Waals surface area contributed by atoms with Gasteiger partial charge in [-0.25, -0.2) is 9.97 Å². The SMILES string of the molecule is COc1ncccc1-c1nc2ccccc2n1CC(=O)O. The summed E-state index contributed by atoms with van der Waals surface area (Å²) in [6.07, 6.45) is 1.62.